The summed E-state index contributed by atoms with van der Waals surface area (Å²) in [4.78, 5) is 18.8. The molecule has 4 aromatic rings. The van der Waals surface area contributed by atoms with Crippen molar-refractivity contribution in [2.24, 2.45) is 0 Å². The minimum atomic E-state index is 0.0246. The fraction of sp³-hybridized carbons (Fsp3) is 0.273. The summed E-state index contributed by atoms with van der Waals surface area (Å²) in [6.07, 6.45) is 0.730. The molecule has 0 saturated carbocycles. The Morgan fingerprint density at radius 3 is 2.73 bits per heavy atom. The average Bonchev–Trinajstić information content (AvgIpc) is 3.50. The first-order valence-electron chi connectivity index (χ1n) is 9.72. The lowest BCUT2D eigenvalue weighted by Crippen LogP contribution is -2.27. The first kappa shape index (κ1) is 20.0. The Balaban J connectivity index is 1.39. The summed E-state index contributed by atoms with van der Waals surface area (Å²) in [7, 11) is 1.81. The zero-order valence-corrected chi connectivity index (χ0v) is 18.0. The molecule has 0 saturated heterocycles. The van der Waals surface area contributed by atoms with E-state index in [9.17, 15) is 4.79 Å². The quantitative estimate of drug-likeness (QED) is 0.447. The van der Waals surface area contributed by atoms with Crippen LogP contribution in [0, 0.1) is 13.8 Å². The Kier molecular flexibility index (Phi) is 5.76. The SMILES string of the molecule is Cc1nn(-c2ccccc2)c(C)c1CN(C)C(=O)CCc1nc(-c2ccsc2)no1. The normalized spacial score (nSPS) is 11.0. The van der Waals surface area contributed by atoms with Crippen molar-refractivity contribution in [1.29, 1.82) is 0 Å². The minimum Gasteiger partial charge on any atom is -0.341 e. The fourth-order valence-electron chi connectivity index (χ4n) is 3.32. The molecule has 8 heteroatoms. The highest BCUT2D eigenvalue weighted by Crippen LogP contribution is 2.21. The Labute approximate surface area is 179 Å². The summed E-state index contributed by atoms with van der Waals surface area (Å²) in [6, 6.07) is 11.9. The van der Waals surface area contributed by atoms with Crippen molar-refractivity contribution in [3.8, 4) is 17.1 Å². The van der Waals surface area contributed by atoms with Gasteiger partial charge in [-0.1, -0.05) is 23.4 Å². The van der Waals surface area contributed by atoms with Crippen LogP contribution >= 0.6 is 11.3 Å². The number of carbonyl (C=O) groups excluding carboxylic acids is 1. The van der Waals surface area contributed by atoms with Crippen molar-refractivity contribution < 1.29 is 9.32 Å². The molecule has 0 bridgehead atoms. The van der Waals surface area contributed by atoms with E-state index in [1.54, 1.807) is 16.2 Å². The number of nitrogens with zero attached hydrogens (tertiary/aromatic N) is 5. The maximum Gasteiger partial charge on any atom is 0.227 e. The molecule has 3 heterocycles. The average molecular weight is 422 g/mol. The van der Waals surface area contributed by atoms with E-state index >= 15 is 0 Å². The molecule has 0 atom stereocenters. The van der Waals surface area contributed by atoms with E-state index in [2.05, 4.69) is 15.2 Å². The second-order valence-electron chi connectivity index (χ2n) is 7.17. The molecule has 0 radical (unpaired) electrons. The summed E-state index contributed by atoms with van der Waals surface area (Å²) >= 11 is 1.58. The van der Waals surface area contributed by atoms with Gasteiger partial charge in [-0.2, -0.15) is 21.4 Å². The van der Waals surface area contributed by atoms with Crippen LogP contribution in [-0.4, -0.2) is 37.8 Å². The van der Waals surface area contributed by atoms with E-state index < -0.39 is 0 Å². The van der Waals surface area contributed by atoms with Gasteiger partial charge in [0.2, 0.25) is 17.6 Å². The number of aromatic nitrogens is 4. The second-order valence-corrected chi connectivity index (χ2v) is 7.95. The van der Waals surface area contributed by atoms with Crippen LogP contribution in [-0.2, 0) is 17.8 Å². The van der Waals surface area contributed by atoms with Gasteiger partial charge in [0.05, 0.1) is 11.4 Å². The first-order valence-corrected chi connectivity index (χ1v) is 10.7. The second kappa shape index (κ2) is 8.62. The fourth-order valence-corrected chi connectivity index (χ4v) is 3.95. The van der Waals surface area contributed by atoms with E-state index in [1.165, 1.54) is 0 Å². The number of rotatable bonds is 7. The van der Waals surface area contributed by atoms with Crippen LogP contribution in [0.2, 0.25) is 0 Å². The van der Waals surface area contributed by atoms with Crippen molar-refractivity contribution in [3.63, 3.8) is 0 Å². The van der Waals surface area contributed by atoms with Crippen LogP contribution in [0.4, 0.5) is 0 Å². The van der Waals surface area contributed by atoms with Gasteiger partial charge in [0, 0.05) is 48.6 Å². The van der Waals surface area contributed by atoms with E-state index in [-0.39, 0.29) is 5.91 Å². The Morgan fingerprint density at radius 2 is 2.00 bits per heavy atom. The number of hydrogen-bond acceptors (Lipinski definition) is 6. The van der Waals surface area contributed by atoms with Crippen molar-refractivity contribution in [2.45, 2.75) is 33.2 Å². The van der Waals surface area contributed by atoms with Gasteiger partial charge >= 0.3 is 0 Å². The van der Waals surface area contributed by atoms with Crippen molar-refractivity contribution in [2.75, 3.05) is 7.05 Å². The molecule has 4 rings (SSSR count). The predicted molar refractivity (Wildman–Crippen MR) is 115 cm³/mol. The third-order valence-corrected chi connectivity index (χ3v) is 5.75. The largest absolute Gasteiger partial charge is 0.341 e. The molecule has 30 heavy (non-hydrogen) atoms. The van der Waals surface area contributed by atoms with E-state index in [0.717, 1.165) is 28.2 Å². The van der Waals surface area contributed by atoms with Crippen molar-refractivity contribution in [1.82, 2.24) is 24.8 Å². The van der Waals surface area contributed by atoms with Gasteiger partial charge in [0.15, 0.2) is 0 Å². The predicted octanol–water partition coefficient (Wildman–Crippen LogP) is 4.19. The smallest absolute Gasteiger partial charge is 0.227 e. The topological polar surface area (TPSA) is 77.1 Å². The lowest BCUT2D eigenvalue weighted by atomic mass is 10.1. The molecule has 0 unspecified atom stereocenters. The van der Waals surface area contributed by atoms with Gasteiger partial charge in [-0.25, -0.2) is 4.68 Å². The highest BCUT2D eigenvalue weighted by atomic mass is 32.1. The Bertz CT molecular complexity index is 1130. The van der Waals surface area contributed by atoms with Gasteiger partial charge in [-0.05, 0) is 37.4 Å². The van der Waals surface area contributed by atoms with Crippen molar-refractivity contribution in [3.05, 3.63) is 70.0 Å². The van der Waals surface area contributed by atoms with Gasteiger partial charge in [-0.15, -0.1) is 0 Å². The number of hydrogen-bond donors (Lipinski definition) is 0. The van der Waals surface area contributed by atoms with E-state index in [1.807, 2.05) is 72.7 Å². The maximum absolute atomic E-state index is 12.7. The van der Waals surface area contributed by atoms with Crippen LogP contribution < -0.4 is 0 Å². The molecule has 0 aliphatic carbocycles. The Morgan fingerprint density at radius 1 is 1.20 bits per heavy atom. The highest BCUT2D eigenvalue weighted by molar-refractivity contribution is 7.08. The number of aryl methyl sites for hydroxylation is 2. The molecule has 3 aromatic heterocycles. The minimum absolute atomic E-state index is 0.0246. The van der Waals surface area contributed by atoms with Gasteiger partial charge in [-0.3, -0.25) is 4.79 Å². The van der Waals surface area contributed by atoms with Crippen LogP contribution in [0.3, 0.4) is 0 Å². The summed E-state index contributed by atoms with van der Waals surface area (Å²) in [5.74, 6) is 1.06. The number of para-hydroxylation sites is 1. The molecule has 0 N–H and O–H groups in total. The monoisotopic (exact) mass is 421 g/mol. The Hall–Kier alpha value is -3.26. The summed E-state index contributed by atoms with van der Waals surface area (Å²) in [5, 5.41) is 12.6. The highest BCUT2D eigenvalue weighted by Gasteiger charge is 2.18. The van der Waals surface area contributed by atoms with E-state index in [4.69, 9.17) is 4.52 Å². The molecule has 0 spiro atoms. The zero-order chi connectivity index (χ0) is 21.1. The van der Waals surface area contributed by atoms with Gasteiger partial charge in [0.25, 0.3) is 0 Å². The molecule has 154 valence electrons. The molecule has 1 amide bonds. The van der Waals surface area contributed by atoms with E-state index in [0.29, 0.717) is 31.1 Å². The summed E-state index contributed by atoms with van der Waals surface area (Å²) < 4.78 is 7.21. The lowest BCUT2D eigenvalue weighted by Gasteiger charge is -2.17. The third-order valence-electron chi connectivity index (χ3n) is 5.06. The first-order chi connectivity index (χ1) is 14.5. The molecular formula is C22H23N5O2S. The number of carbonyl (C=O) groups is 1. The summed E-state index contributed by atoms with van der Waals surface area (Å²) in [5.41, 5.74) is 4.96. The van der Waals surface area contributed by atoms with Crippen LogP contribution in [0.25, 0.3) is 17.1 Å². The summed E-state index contributed by atoms with van der Waals surface area (Å²) in [6.45, 7) is 4.52. The van der Waals surface area contributed by atoms with Gasteiger partial charge < -0.3 is 9.42 Å². The number of amides is 1. The molecule has 7 nitrogen and oxygen atoms in total. The molecule has 1 aromatic carbocycles. The standard InChI is InChI=1S/C22H23N5O2S/c1-15-19(16(2)27(24-15)18-7-5-4-6-8-18)13-26(3)21(28)10-9-20-23-22(25-29-20)17-11-12-30-14-17/h4-8,11-12,14H,9-10,13H2,1-3H3. The molecule has 0 aliphatic heterocycles. The van der Waals surface area contributed by atoms with Crippen LogP contribution in [0.5, 0.6) is 0 Å². The zero-order valence-electron chi connectivity index (χ0n) is 17.2. The maximum atomic E-state index is 12.7. The van der Waals surface area contributed by atoms with Gasteiger partial charge in [0.1, 0.15) is 0 Å². The molecule has 0 fully saturated rings. The number of benzene rings is 1. The lowest BCUT2D eigenvalue weighted by molar-refractivity contribution is -0.130. The molecule has 0 aliphatic rings. The number of thiophene rings is 1. The third kappa shape index (κ3) is 4.18. The van der Waals surface area contributed by atoms with Crippen molar-refractivity contribution >= 4 is 17.2 Å². The molecular weight excluding hydrogens is 398 g/mol. The van der Waals surface area contributed by atoms with Crippen LogP contribution in [0.15, 0.2) is 51.7 Å². The van der Waals surface area contributed by atoms with Crippen LogP contribution in [0.1, 0.15) is 29.3 Å².